The summed E-state index contributed by atoms with van der Waals surface area (Å²) < 4.78 is 1.40. The normalized spacial score (nSPS) is 10.8. The van der Waals surface area contributed by atoms with Crippen molar-refractivity contribution in [1.82, 2.24) is 14.5 Å². The summed E-state index contributed by atoms with van der Waals surface area (Å²) in [6.45, 7) is 0.320. The van der Waals surface area contributed by atoms with Crippen LogP contribution in [0.25, 0.3) is 11.0 Å². The molecule has 0 aliphatic carbocycles. The number of aromatic nitrogens is 3. The highest BCUT2D eigenvalue weighted by Crippen LogP contribution is 2.16. The van der Waals surface area contributed by atoms with Crippen LogP contribution < -0.4 is 11.2 Å². The summed E-state index contributed by atoms with van der Waals surface area (Å²) in [7, 11) is 0. The van der Waals surface area contributed by atoms with Gasteiger partial charge in [-0.05, 0) is 11.6 Å². The highest BCUT2D eigenvalue weighted by Gasteiger charge is 2.11. The van der Waals surface area contributed by atoms with Crippen molar-refractivity contribution in [3.05, 3.63) is 74.0 Å². The van der Waals surface area contributed by atoms with E-state index in [2.05, 4.69) is 9.97 Å². The van der Waals surface area contributed by atoms with Gasteiger partial charge in [0.05, 0.1) is 11.6 Å². The van der Waals surface area contributed by atoms with Crippen LogP contribution in [0.2, 0.25) is 5.02 Å². The molecule has 1 aromatic carbocycles. The molecule has 3 rings (SSSR count). The molecule has 0 saturated carbocycles. The Morgan fingerprint density at radius 1 is 1.15 bits per heavy atom. The van der Waals surface area contributed by atoms with E-state index in [1.54, 1.807) is 0 Å². The molecule has 0 atom stereocenters. The molecule has 0 amide bonds. The molecule has 3 aromatic rings. The van der Waals surface area contributed by atoms with E-state index >= 15 is 0 Å². The van der Waals surface area contributed by atoms with E-state index in [0.29, 0.717) is 6.54 Å². The van der Waals surface area contributed by atoms with Crippen molar-refractivity contribution >= 4 is 22.6 Å². The third-order valence-electron chi connectivity index (χ3n) is 3.01. The molecular formula is C14H10ClN3O2. The number of hydrogen-bond acceptors (Lipinski definition) is 3. The average molecular weight is 288 g/mol. The monoisotopic (exact) mass is 287 g/mol. The van der Waals surface area contributed by atoms with Crippen LogP contribution in [0.15, 0.2) is 52.2 Å². The van der Waals surface area contributed by atoms with E-state index in [1.807, 2.05) is 30.3 Å². The first-order valence-electron chi connectivity index (χ1n) is 5.98. The molecule has 0 aliphatic heterocycles. The van der Waals surface area contributed by atoms with Crippen LogP contribution in [0.1, 0.15) is 5.56 Å². The second kappa shape index (κ2) is 4.94. The minimum atomic E-state index is -0.521. The molecule has 0 fully saturated rings. The molecule has 0 aliphatic rings. The number of nitrogens with zero attached hydrogens (tertiary/aromatic N) is 2. The van der Waals surface area contributed by atoms with Gasteiger partial charge in [0.2, 0.25) is 0 Å². The Hall–Kier alpha value is -2.40. The summed E-state index contributed by atoms with van der Waals surface area (Å²) in [5.41, 5.74) is 0.202. The average Bonchev–Trinajstić information content (AvgIpc) is 2.44. The van der Waals surface area contributed by atoms with Crippen LogP contribution in [-0.2, 0) is 6.54 Å². The van der Waals surface area contributed by atoms with Crippen LogP contribution >= 0.6 is 11.6 Å². The summed E-state index contributed by atoms with van der Waals surface area (Å²) in [6.07, 6.45) is 1.48. The number of pyridine rings is 1. The fourth-order valence-electron chi connectivity index (χ4n) is 2.08. The highest BCUT2D eigenvalue weighted by molar-refractivity contribution is 6.35. The van der Waals surface area contributed by atoms with E-state index in [0.717, 1.165) is 5.56 Å². The number of halogens is 1. The molecular weight excluding hydrogens is 278 g/mol. The number of rotatable bonds is 2. The molecule has 2 heterocycles. The number of benzene rings is 1. The molecule has 2 aromatic heterocycles. The third-order valence-corrected chi connectivity index (χ3v) is 3.33. The number of nitrogens with one attached hydrogen (secondary N) is 1. The van der Waals surface area contributed by atoms with Gasteiger partial charge >= 0.3 is 5.69 Å². The lowest BCUT2D eigenvalue weighted by Gasteiger charge is -2.09. The van der Waals surface area contributed by atoms with Gasteiger partial charge in [-0.1, -0.05) is 41.9 Å². The molecule has 100 valence electrons. The van der Waals surface area contributed by atoms with Crippen LogP contribution in [0.5, 0.6) is 0 Å². The summed E-state index contributed by atoms with van der Waals surface area (Å²) in [4.78, 5) is 30.2. The van der Waals surface area contributed by atoms with Crippen LogP contribution in [0, 0.1) is 0 Å². The van der Waals surface area contributed by atoms with E-state index in [4.69, 9.17) is 11.6 Å². The van der Waals surface area contributed by atoms with Crippen LogP contribution in [-0.4, -0.2) is 14.5 Å². The maximum absolute atomic E-state index is 12.0. The maximum Gasteiger partial charge on any atom is 0.330 e. The SMILES string of the molecule is O=c1[nH]c(=O)n(Cc2ccccc2)c2nccc(Cl)c12. The second-order valence-corrected chi connectivity index (χ2v) is 4.73. The summed E-state index contributed by atoms with van der Waals surface area (Å²) >= 11 is 6.01. The number of fused-ring (bicyclic) bond motifs is 1. The molecule has 0 bridgehead atoms. The molecule has 0 saturated heterocycles. The summed E-state index contributed by atoms with van der Waals surface area (Å²) in [5.74, 6) is 0. The fourth-order valence-corrected chi connectivity index (χ4v) is 2.31. The zero-order valence-corrected chi connectivity index (χ0v) is 11.1. The quantitative estimate of drug-likeness (QED) is 0.781. The Morgan fingerprint density at radius 3 is 2.65 bits per heavy atom. The van der Waals surface area contributed by atoms with Crippen molar-refractivity contribution in [2.75, 3.05) is 0 Å². The van der Waals surface area contributed by atoms with Crippen molar-refractivity contribution < 1.29 is 0 Å². The largest absolute Gasteiger partial charge is 0.330 e. The molecule has 20 heavy (non-hydrogen) atoms. The lowest BCUT2D eigenvalue weighted by Crippen LogP contribution is -2.31. The maximum atomic E-state index is 12.0. The summed E-state index contributed by atoms with van der Waals surface area (Å²) in [6, 6.07) is 11.0. The first-order valence-corrected chi connectivity index (χ1v) is 6.36. The first kappa shape index (κ1) is 12.6. The Labute approximate surface area is 118 Å². The smallest absolute Gasteiger partial charge is 0.273 e. The first-order chi connectivity index (χ1) is 9.66. The van der Waals surface area contributed by atoms with Gasteiger partial charge in [0.25, 0.3) is 5.56 Å². The molecule has 0 radical (unpaired) electrons. The van der Waals surface area contributed by atoms with Gasteiger partial charge in [-0.3, -0.25) is 14.3 Å². The predicted octanol–water partition coefficient (Wildman–Crippen LogP) is 1.79. The van der Waals surface area contributed by atoms with Crippen molar-refractivity contribution in [3.8, 4) is 0 Å². The van der Waals surface area contributed by atoms with Gasteiger partial charge in [0.15, 0.2) is 5.65 Å². The van der Waals surface area contributed by atoms with Gasteiger partial charge < -0.3 is 0 Å². The minimum absolute atomic E-state index is 0.227. The predicted molar refractivity (Wildman–Crippen MR) is 77.2 cm³/mol. The third kappa shape index (κ3) is 2.12. The zero-order valence-electron chi connectivity index (χ0n) is 10.3. The molecule has 0 spiro atoms. The topological polar surface area (TPSA) is 67.8 Å². The van der Waals surface area contributed by atoms with Crippen LogP contribution in [0.3, 0.4) is 0 Å². The Bertz CT molecular complexity index is 884. The standard InChI is InChI=1S/C14H10ClN3O2/c15-10-6-7-16-12-11(10)13(19)17-14(20)18(12)8-9-4-2-1-3-5-9/h1-7H,8H2,(H,17,19,20). The van der Waals surface area contributed by atoms with Crippen molar-refractivity contribution in [3.63, 3.8) is 0 Å². The van der Waals surface area contributed by atoms with Crippen molar-refractivity contribution in [2.24, 2.45) is 0 Å². The van der Waals surface area contributed by atoms with E-state index in [-0.39, 0.29) is 16.1 Å². The number of hydrogen-bond donors (Lipinski definition) is 1. The Balaban J connectivity index is 2.28. The lowest BCUT2D eigenvalue weighted by atomic mass is 10.2. The molecule has 5 nitrogen and oxygen atoms in total. The highest BCUT2D eigenvalue weighted by atomic mass is 35.5. The van der Waals surface area contributed by atoms with Gasteiger partial charge in [-0.2, -0.15) is 0 Å². The van der Waals surface area contributed by atoms with E-state index in [9.17, 15) is 9.59 Å². The van der Waals surface area contributed by atoms with Crippen molar-refractivity contribution in [2.45, 2.75) is 6.54 Å². The molecule has 1 N–H and O–H groups in total. The van der Waals surface area contributed by atoms with Crippen LogP contribution in [0.4, 0.5) is 0 Å². The summed E-state index contributed by atoms with van der Waals surface area (Å²) in [5, 5.41) is 0.503. The fraction of sp³-hybridized carbons (Fsp3) is 0.0714. The molecule has 0 unspecified atom stereocenters. The van der Waals surface area contributed by atoms with Gasteiger partial charge in [0, 0.05) is 6.20 Å². The molecule has 6 heteroatoms. The van der Waals surface area contributed by atoms with E-state index < -0.39 is 11.2 Å². The van der Waals surface area contributed by atoms with Gasteiger partial charge in [-0.15, -0.1) is 0 Å². The van der Waals surface area contributed by atoms with E-state index in [1.165, 1.54) is 16.8 Å². The number of aromatic amines is 1. The number of H-pyrrole nitrogens is 1. The Kier molecular flexibility index (Phi) is 3.12. The van der Waals surface area contributed by atoms with Gasteiger partial charge in [-0.25, -0.2) is 9.78 Å². The second-order valence-electron chi connectivity index (χ2n) is 4.32. The lowest BCUT2D eigenvalue weighted by molar-refractivity contribution is 0.746. The van der Waals surface area contributed by atoms with Gasteiger partial charge in [0.1, 0.15) is 5.39 Å². The van der Waals surface area contributed by atoms with Crippen molar-refractivity contribution in [1.29, 1.82) is 0 Å². The Morgan fingerprint density at radius 2 is 1.90 bits per heavy atom. The zero-order chi connectivity index (χ0) is 14.1. The minimum Gasteiger partial charge on any atom is -0.273 e.